The number of carbonyl (C=O) groups excluding carboxylic acids is 1. The summed E-state index contributed by atoms with van der Waals surface area (Å²) in [7, 11) is 3.95. The molecule has 0 atom stereocenters. The number of nitrogens with one attached hydrogen (secondary N) is 1. The van der Waals surface area contributed by atoms with Crippen molar-refractivity contribution in [2.75, 3.05) is 27.2 Å². The van der Waals surface area contributed by atoms with Gasteiger partial charge in [-0.05, 0) is 38.4 Å². The Bertz CT molecular complexity index is 881. The van der Waals surface area contributed by atoms with Crippen LogP contribution in [0.5, 0.6) is 0 Å². The zero-order chi connectivity index (χ0) is 16.4. The van der Waals surface area contributed by atoms with Crippen molar-refractivity contribution in [3.05, 3.63) is 53.1 Å². The quantitative estimate of drug-likeness (QED) is 0.717. The van der Waals surface area contributed by atoms with Crippen LogP contribution in [0, 0.1) is 0 Å². The van der Waals surface area contributed by atoms with Crippen molar-refractivity contribution in [2.24, 2.45) is 0 Å². The average molecular weight is 364 g/mol. The second kappa shape index (κ2) is 7.79. The van der Waals surface area contributed by atoms with Crippen molar-refractivity contribution in [1.29, 1.82) is 0 Å². The number of fused-ring (bicyclic) bond motifs is 2. The van der Waals surface area contributed by atoms with Crippen LogP contribution in [-0.4, -0.2) is 43.0 Å². The number of likely N-dealkylation sites (N-methyl/N-ethyl adjacent to an activating group) is 1. The molecule has 2 aromatic carbocycles. The molecule has 0 saturated heterocycles. The molecule has 4 nitrogen and oxygen atoms in total. The van der Waals surface area contributed by atoms with E-state index in [2.05, 4.69) is 10.3 Å². The molecule has 1 aromatic heterocycles. The fourth-order valence-electron chi connectivity index (χ4n) is 2.50. The van der Waals surface area contributed by atoms with Crippen molar-refractivity contribution in [1.82, 2.24) is 15.2 Å². The standard InChI is InChI=1S/C18H18ClN3O.ClH/c1-22(2)9-8-20-18(23)15-5-3-4-13-10-12-6-7-14(19)11-16(12)21-17(13)15;/h3-7,10-11H,8-9H2,1-2H3,(H,20,23);1H. The van der Waals surface area contributed by atoms with Gasteiger partial charge < -0.3 is 10.2 Å². The van der Waals surface area contributed by atoms with Gasteiger partial charge in [-0.15, -0.1) is 12.4 Å². The monoisotopic (exact) mass is 363 g/mol. The van der Waals surface area contributed by atoms with Gasteiger partial charge in [0.05, 0.1) is 16.6 Å². The van der Waals surface area contributed by atoms with E-state index in [-0.39, 0.29) is 18.3 Å². The van der Waals surface area contributed by atoms with Gasteiger partial charge in [-0.25, -0.2) is 4.98 Å². The predicted octanol–water partition coefficient (Wildman–Crippen LogP) is 3.75. The molecule has 0 aliphatic heterocycles. The Kier molecular flexibility index (Phi) is 5.99. The Hall–Kier alpha value is -1.88. The first-order valence-corrected chi connectivity index (χ1v) is 7.84. The third-order valence-corrected chi connectivity index (χ3v) is 3.93. The number of hydrogen-bond acceptors (Lipinski definition) is 3. The van der Waals surface area contributed by atoms with Crippen molar-refractivity contribution in [2.45, 2.75) is 0 Å². The molecule has 3 aromatic rings. The number of amides is 1. The molecule has 1 N–H and O–H groups in total. The maximum Gasteiger partial charge on any atom is 0.253 e. The first kappa shape index (κ1) is 18.5. The number of nitrogens with zero attached hydrogens (tertiary/aromatic N) is 2. The van der Waals surface area contributed by atoms with E-state index in [0.29, 0.717) is 22.6 Å². The Balaban J connectivity index is 0.00000208. The highest BCUT2D eigenvalue weighted by atomic mass is 35.5. The van der Waals surface area contributed by atoms with E-state index in [1.165, 1.54) is 0 Å². The first-order valence-electron chi connectivity index (χ1n) is 7.46. The molecule has 0 aliphatic rings. The molecule has 0 radical (unpaired) electrons. The Morgan fingerprint density at radius 3 is 2.71 bits per heavy atom. The van der Waals surface area contributed by atoms with Gasteiger partial charge >= 0.3 is 0 Å². The van der Waals surface area contributed by atoms with Crippen molar-refractivity contribution in [3.63, 3.8) is 0 Å². The number of carbonyl (C=O) groups is 1. The lowest BCUT2D eigenvalue weighted by molar-refractivity contribution is 0.0952. The maximum atomic E-state index is 12.4. The average Bonchev–Trinajstić information content (AvgIpc) is 2.51. The van der Waals surface area contributed by atoms with Gasteiger partial charge in [0.2, 0.25) is 0 Å². The van der Waals surface area contributed by atoms with Crippen molar-refractivity contribution < 1.29 is 4.79 Å². The van der Waals surface area contributed by atoms with Crippen LogP contribution in [0.15, 0.2) is 42.5 Å². The number of hydrogen-bond donors (Lipinski definition) is 1. The lowest BCUT2D eigenvalue weighted by Gasteiger charge is -2.11. The Morgan fingerprint density at radius 2 is 1.96 bits per heavy atom. The number of halogens is 2. The predicted molar refractivity (Wildman–Crippen MR) is 102 cm³/mol. The lowest BCUT2D eigenvalue weighted by atomic mass is 10.1. The third-order valence-electron chi connectivity index (χ3n) is 3.69. The largest absolute Gasteiger partial charge is 0.351 e. The van der Waals surface area contributed by atoms with E-state index in [4.69, 9.17) is 11.6 Å². The summed E-state index contributed by atoms with van der Waals surface area (Å²) >= 11 is 6.05. The number of rotatable bonds is 4. The highest BCUT2D eigenvalue weighted by Crippen LogP contribution is 2.24. The molecule has 0 aliphatic carbocycles. The highest BCUT2D eigenvalue weighted by molar-refractivity contribution is 6.31. The Morgan fingerprint density at radius 1 is 1.17 bits per heavy atom. The van der Waals surface area contributed by atoms with Gasteiger partial charge in [0, 0.05) is 28.9 Å². The molecule has 24 heavy (non-hydrogen) atoms. The fraction of sp³-hybridized carbons (Fsp3) is 0.222. The van der Waals surface area contributed by atoms with Crippen LogP contribution < -0.4 is 5.32 Å². The molecule has 0 saturated carbocycles. The summed E-state index contributed by atoms with van der Waals surface area (Å²) in [5, 5.41) is 5.52. The fourth-order valence-corrected chi connectivity index (χ4v) is 2.66. The molecule has 1 heterocycles. The van der Waals surface area contributed by atoms with Gasteiger partial charge in [0.15, 0.2) is 0 Å². The zero-order valence-electron chi connectivity index (χ0n) is 13.5. The third kappa shape index (κ3) is 3.96. The van der Waals surface area contributed by atoms with Crippen molar-refractivity contribution in [3.8, 4) is 0 Å². The van der Waals surface area contributed by atoms with Gasteiger partial charge in [-0.3, -0.25) is 4.79 Å². The maximum absolute atomic E-state index is 12.4. The molecular weight excluding hydrogens is 345 g/mol. The minimum Gasteiger partial charge on any atom is -0.351 e. The molecule has 6 heteroatoms. The molecule has 0 spiro atoms. The van der Waals surface area contributed by atoms with Crippen LogP contribution in [0.4, 0.5) is 0 Å². The van der Waals surface area contributed by atoms with Crippen LogP contribution in [0.1, 0.15) is 10.4 Å². The molecule has 1 amide bonds. The lowest BCUT2D eigenvalue weighted by Crippen LogP contribution is -2.31. The topological polar surface area (TPSA) is 45.2 Å². The summed E-state index contributed by atoms with van der Waals surface area (Å²) in [6.07, 6.45) is 0. The van der Waals surface area contributed by atoms with Crippen LogP contribution >= 0.6 is 24.0 Å². The van der Waals surface area contributed by atoms with E-state index in [0.717, 1.165) is 22.8 Å². The SMILES string of the molecule is CN(C)CCNC(=O)c1cccc2cc3ccc(Cl)cc3nc12.Cl. The van der Waals surface area contributed by atoms with E-state index >= 15 is 0 Å². The van der Waals surface area contributed by atoms with Gasteiger partial charge in [0.1, 0.15) is 0 Å². The summed E-state index contributed by atoms with van der Waals surface area (Å²) in [5.74, 6) is -0.105. The van der Waals surface area contributed by atoms with E-state index < -0.39 is 0 Å². The zero-order valence-corrected chi connectivity index (χ0v) is 15.1. The normalized spacial score (nSPS) is 10.8. The number of para-hydroxylation sites is 1. The Labute approximate surface area is 152 Å². The molecule has 3 rings (SSSR count). The van der Waals surface area contributed by atoms with Crippen LogP contribution in [0.25, 0.3) is 21.8 Å². The second-order valence-electron chi connectivity index (χ2n) is 5.76. The van der Waals surface area contributed by atoms with Gasteiger partial charge in [-0.1, -0.05) is 29.8 Å². The number of pyridine rings is 1. The van der Waals surface area contributed by atoms with E-state index in [9.17, 15) is 4.79 Å². The second-order valence-corrected chi connectivity index (χ2v) is 6.20. The minimum atomic E-state index is -0.105. The molecule has 0 fully saturated rings. The first-order chi connectivity index (χ1) is 11.0. The van der Waals surface area contributed by atoms with Gasteiger partial charge in [0.25, 0.3) is 5.91 Å². The number of benzene rings is 2. The number of aromatic nitrogens is 1. The van der Waals surface area contributed by atoms with Crippen molar-refractivity contribution >= 4 is 51.7 Å². The molecule has 0 bridgehead atoms. The van der Waals surface area contributed by atoms with E-state index in [1.807, 2.05) is 55.4 Å². The smallest absolute Gasteiger partial charge is 0.253 e. The van der Waals surface area contributed by atoms with E-state index in [1.54, 1.807) is 6.07 Å². The van der Waals surface area contributed by atoms with Crippen LogP contribution in [0.2, 0.25) is 5.02 Å². The summed E-state index contributed by atoms with van der Waals surface area (Å²) in [4.78, 5) is 19.1. The summed E-state index contributed by atoms with van der Waals surface area (Å²) in [6.45, 7) is 1.39. The summed E-state index contributed by atoms with van der Waals surface area (Å²) in [5.41, 5.74) is 2.08. The van der Waals surface area contributed by atoms with Crippen LogP contribution in [0.3, 0.4) is 0 Å². The summed E-state index contributed by atoms with van der Waals surface area (Å²) < 4.78 is 0. The minimum absolute atomic E-state index is 0. The molecular formula is C18H19Cl2N3O. The highest BCUT2D eigenvalue weighted by Gasteiger charge is 2.12. The molecule has 126 valence electrons. The summed E-state index contributed by atoms with van der Waals surface area (Å²) in [6, 6.07) is 13.3. The van der Waals surface area contributed by atoms with Crippen LogP contribution in [-0.2, 0) is 0 Å². The van der Waals surface area contributed by atoms with Gasteiger partial charge in [-0.2, -0.15) is 0 Å². The molecule has 0 unspecified atom stereocenters.